The van der Waals surface area contributed by atoms with E-state index in [1.165, 1.54) is 6.92 Å². The molecule has 3 rings (SSSR count). The molecule has 0 saturated heterocycles. The Bertz CT molecular complexity index is 1270. The topological polar surface area (TPSA) is 130 Å². The smallest absolute Gasteiger partial charge is 0.341 e. The van der Waals surface area contributed by atoms with E-state index < -0.39 is 12.6 Å². The highest BCUT2D eigenvalue weighted by Gasteiger charge is 2.16. The number of Topliss-reactive ketones (excluding diaryl/α,β-unsaturated/α-hetero) is 1. The van der Waals surface area contributed by atoms with Crippen LogP contribution >= 0.6 is 0 Å². The summed E-state index contributed by atoms with van der Waals surface area (Å²) in [5.74, 6) is 0.484. The normalized spacial score (nSPS) is 11.0. The van der Waals surface area contributed by atoms with Gasteiger partial charge in [-0.15, -0.1) is 0 Å². The maximum absolute atomic E-state index is 11.7. The summed E-state index contributed by atoms with van der Waals surface area (Å²) in [5.41, 5.74) is 0.943. The summed E-state index contributed by atoms with van der Waals surface area (Å²) >= 11 is 0. The zero-order chi connectivity index (χ0) is 29.5. The summed E-state index contributed by atoms with van der Waals surface area (Å²) in [6.45, 7) is 6.06. The molecule has 0 aromatic heterocycles. The van der Waals surface area contributed by atoms with Gasteiger partial charge in [0.1, 0.15) is 36.2 Å². The standard InChI is InChI=1S/C31H38O10/c1-3-6-26-29(12-11-23(22(2)32)31(26)35)40-20-18-38-16-14-36-13-15-37-17-19-39-27-9-4-8-25-24(27)7-5-10-28(25)41-21-30(33)34/h4-5,7-12,35H,3,6,13-21H2,1-2H3,(H,33,34). The number of carbonyl (C=O) groups is 2. The Morgan fingerprint density at radius 2 is 1.20 bits per heavy atom. The van der Waals surface area contributed by atoms with Crippen LogP contribution in [0.3, 0.4) is 0 Å². The molecule has 3 aromatic rings. The average Bonchev–Trinajstić information content (AvgIpc) is 2.95. The van der Waals surface area contributed by atoms with Crippen LogP contribution in [0.15, 0.2) is 48.5 Å². The lowest BCUT2D eigenvalue weighted by molar-refractivity contribution is -0.139. The minimum absolute atomic E-state index is 0.00725. The highest BCUT2D eigenvalue weighted by atomic mass is 16.6. The van der Waals surface area contributed by atoms with E-state index >= 15 is 0 Å². The summed E-state index contributed by atoms with van der Waals surface area (Å²) in [6, 6.07) is 14.2. The van der Waals surface area contributed by atoms with Crippen molar-refractivity contribution in [1.82, 2.24) is 0 Å². The number of ether oxygens (including phenoxy) is 6. The number of carboxylic acid groups (broad SMARTS) is 1. The molecule has 0 heterocycles. The second-order valence-corrected chi connectivity index (χ2v) is 9.07. The number of phenols is 1. The molecule has 41 heavy (non-hydrogen) atoms. The SMILES string of the molecule is CCCc1c(OCCOCCOCCOCCOc2cccc3c(OCC(=O)O)cccc23)ccc(C(C)=O)c1O. The van der Waals surface area contributed by atoms with Crippen LogP contribution in [0.25, 0.3) is 10.8 Å². The molecule has 0 fully saturated rings. The van der Waals surface area contributed by atoms with Gasteiger partial charge in [-0.25, -0.2) is 4.79 Å². The van der Waals surface area contributed by atoms with Crippen LogP contribution in [0, 0.1) is 0 Å². The molecular weight excluding hydrogens is 532 g/mol. The number of ketones is 1. The molecule has 0 spiro atoms. The summed E-state index contributed by atoms with van der Waals surface area (Å²) < 4.78 is 33.6. The first-order chi connectivity index (χ1) is 19.9. The van der Waals surface area contributed by atoms with Crippen molar-refractivity contribution in [3.63, 3.8) is 0 Å². The Hall–Kier alpha value is -3.86. The zero-order valence-electron chi connectivity index (χ0n) is 23.6. The molecule has 10 heteroatoms. The lowest BCUT2D eigenvalue weighted by Gasteiger charge is -2.14. The van der Waals surface area contributed by atoms with Crippen LogP contribution in [0.1, 0.15) is 36.2 Å². The molecule has 0 saturated carbocycles. The lowest BCUT2D eigenvalue weighted by atomic mass is 10.0. The van der Waals surface area contributed by atoms with Crippen molar-refractivity contribution in [2.24, 2.45) is 0 Å². The van der Waals surface area contributed by atoms with Crippen molar-refractivity contribution in [1.29, 1.82) is 0 Å². The fraction of sp³-hybridized carbons (Fsp3) is 0.419. The Balaban J connectivity index is 1.25. The molecule has 0 bridgehead atoms. The van der Waals surface area contributed by atoms with Gasteiger partial charge in [-0.1, -0.05) is 37.6 Å². The van der Waals surface area contributed by atoms with Gasteiger partial charge in [-0.2, -0.15) is 0 Å². The number of phenolic OH excluding ortho intramolecular Hbond substituents is 1. The van der Waals surface area contributed by atoms with E-state index in [0.717, 1.165) is 17.2 Å². The predicted octanol–water partition coefficient (Wildman–Crippen LogP) is 4.67. The van der Waals surface area contributed by atoms with Crippen molar-refractivity contribution < 1.29 is 48.2 Å². The van der Waals surface area contributed by atoms with Gasteiger partial charge in [0.05, 0.1) is 45.2 Å². The number of carboxylic acids is 1. The first kappa shape index (κ1) is 31.7. The second-order valence-electron chi connectivity index (χ2n) is 9.07. The van der Waals surface area contributed by atoms with E-state index in [-0.39, 0.29) is 11.5 Å². The van der Waals surface area contributed by atoms with Gasteiger partial charge in [0, 0.05) is 16.3 Å². The molecule has 0 atom stereocenters. The van der Waals surface area contributed by atoms with E-state index in [9.17, 15) is 14.7 Å². The fourth-order valence-electron chi connectivity index (χ4n) is 4.14. The quantitative estimate of drug-likeness (QED) is 0.146. The zero-order valence-corrected chi connectivity index (χ0v) is 23.6. The second kappa shape index (κ2) is 17.1. The number of benzene rings is 3. The maximum atomic E-state index is 11.7. The molecule has 3 aromatic carbocycles. The van der Waals surface area contributed by atoms with Gasteiger partial charge in [0.2, 0.25) is 0 Å². The molecule has 0 aliphatic carbocycles. The number of hydrogen-bond donors (Lipinski definition) is 2. The molecular formula is C31H38O10. The summed E-state index contributed by atoms with van der Waals surface area (Å²) in [5, 5.41) is 20.9. The van der Waals surface area contributed by atoms with E-state index in [2.05, 4.69) is 0 Å². The number of rotatable bonds is 20. The lowest BCUT2D eigenvalue weighted by Crippen LogP contribution is -2.14. The highest BCUT2D eigenvalue weighted by Crippen LogP contribution is 2.33. The van der Waals surface area contributed by atoms with Gasteiger partial charge in [-0.3, -0.25) is 4.79 Å². The van der Waals surface area contributed by atoms with Crippen molar-refractivity contribution in [2.75, 3.05) is 59.5 Å². The third kappa shape index (κ3) is 9.93. The molecule has 0 unspecified atom stereocenters. The van der Waals surface area contributed by atoms with Gasteiger partial charge in [0.15, 0.2) is 12.4 Å². The van der Waals surface area contributed by atoms with Crippen molar-refractivity contribution in [3.05, 3.63) is 59.7 Å². The van der Waals surface area contributed by atoms with Crippen LogP contribution in [-0.4, -0.2) is 81.4 Å². The maximum Gasteiger partial charge on any atom is 0.341 e. The molecule has 0 amide bonds. The molecule has 0 radical (unpaired) electrons. The van der Waals surface area contributed by atoms with Gasteiger partial charge >= 0.3 is 5.97 Å². The predicted molar refractivity (Wildman–Crippen MR) is 153 cm³/mol. The van der Waals surface area contributed by atoms with Gasteiger partial charge < -0.3 is 38.6 Å². The first-order valence-corrected chi connectivity index (χ1v) is 13.6. The van der Waals surface area contributed by atoms with Crippen molar-refractivity contribution >= 4 is 22.5 Å². The number of fused-ring (bicyclic) bond motifs is 1. The van der Waals surface area contributed by atoms with Crippen molar-refractivity contribution in [3.8, 4) is 23.0 Å². The monoisotopic (exact) mass is 570 g/mol. The van der Waals surface area contributed by atoms with Crippen LogP contribution in [0.5, 0.6) is 23.0 Å². The minimum atomic E-state index is -1.04. The molecule has 0 aliphatic rings. The van der Waals surface area contributed by atoms with E-state index in [1.54, 1.807) is 24.3 Å². The summed E-state index contributed by atoms with van der Waals surface area (Å²) in [7, 11) is 0. The molecule has 222 valence electrons. The number of aliphatic carboxylic acids is 1. The highest BCUT2D eigenvalue weighted by molar-refractivity contribution is 5.97. The van der Waals surface area contributed by atoms with Crippen molar-refractivity contribution in [2.45, 2.75) is 26.7 Å². The van der Waals surface area contributed by atoms with Crippen LogP contribution < -0.4 is 14.2 Å². The third-order valence-electron chi connectivity index (χ3n) is 6.03. The Labute approximate surface area is 239 Å². The number of hydrogen-bond acceptors (Lipinski definition) is 9. The summed E-state index contributed by atoms with van der Waals surface area (Å²) in [6.07, 6.45) is 1.43. The molecule has 0 aliphatic heterocycles. The van der Waals surface area contributed by atoms with E-state index in [4.69, 9.17) is 33.5 Å². The largest absolute Gasteiger partial charge is 0.507 e. The average molecular weight is 571 g/mol. The number of carbonyl (C=O) groups excluding carboxylic acids is 1. The minimum Gasteiger partial charge on any atom is -0.507 e. The third-order valence-corrected chi connectivity index (χ3v) is 6.03. The molecule has 10 nitrogen and oxygen atoms in total. The van der Waals surface area contributed by atoms with Crippen LogP contribution in [0.2, 0.25) is 0 Å². The Kier molecular flexibility index (Phi) is 13.2. The fourth-order valence-corrected chi connectivity index (χ4v) is 4.14. The van der Waals surface area contributed by atoms with E-state index in [0.29, 0.717) is 87.7 Å². The van der Waals surface area contributed by atoms with Gasteiger partial charge in [-0.05, 0) is 37.6 Å². The Morgan fingerprint density at radius 1 is 0.683 bits per heavy atom. The van der Waals surface area contributed by atoms with Crippen LogP contribution in [-0.2, 0) is 25.4 Å². The molecule has 2 N–H and O–H groups in total. The Morgan fingerprint density at radius 3 is 1.71 bits per heavy atom. The number of aromatic hydroxyl groups is 1. The summed E-state index contributed by atoms with van der Waals surface area (Å²) in [4.78, 5) is 22.5. The first-order valence-electron chi connectivity index (χ1n) is 13.6. The van der Waals surface area contributed by atoms with Gasteiger partial charge in [0.25, 0.3) is 0 Å². The van der Waals surface area contributed by atoms with E-state index in [1.807, 2.05) is 31.2 Å². The van der Waals surface area contributed by atoms with Crippen LogP contribution in [0.4, 0.5) is 0 Å².